The molecule has 0 aromatic heterocycles. The summed E-state index contributed by atoms with van der Waals surface area (Å²) in [7, 11) is 0. The molecular weight excluding hydrogens is 430 g/mol. The maximum absolute atomic E-state index is 4.89. The Labute approximate surface area is 181 Å². The monoisotopic (exact) mass is 445 g/mol. The average Bonchev–Trinajstić information content (AvgIpc) is 3.19. The fraction of sp³-hybridized carbons (Fsp3) is 0.0357. The van der Waals surface area contributed by atoms with E-state index in [9.17, 15) is 0 Å². The molecule has 0 saturated carbocycles. The molecule has 0 unspecified atom stereocenters. The summed E-state index contributed by atoms with van der Waals surface area (Å²) in [4.78, 5) is 4.89. The van der Waals surface area contributed by atoms with Gasteiger partial charge < -0.3 is 0 Å². The predicted octanol–water partition coefficient (Wildman–Crippen LogP) is 6.73. The van der Waals surface area contributed by atoms with Gasteiger partial charge >= 0.3 is 0 Å². The number of rotatable bonds is 0. The Morgan fingerprint density at radius 3 is 2.57 bits per heavy atom. The van der Waals surface area contributed by atoms with E-state index in [4.69, 9.17) is 4.99 Å². The fourth-order valence-corrected chi connectivity index (χ4v) is 5.75. The molecule has 0 atom stereocenters. The lowest BCUT2D eigenvalue weighted by atomic mass is 9.88. The lowest BCUT2D eigenvalue weighted by molar-refractivity contribution is 1.27. The summed E-state index contributed by atoms with van der Waals surface area (Å²) in [6.45, 7) is 0. The number of hydrogen-bond donors (Lipinski definition) is 0. The molecule has 7 rings (SSSR count). The number of allylic oxidation sites excluding steroid dienone is 2. The zero-order valence-corrected chi connectivity index (χ0v) is 17.7. The Kier molecular flexibility index (Phi) is 3.26. The second kappa shape index (κ2) is 5.90. The molecule has 2 heteroatoms. The van der Waals surface area contributed by atoms with Crippen LogP contribution >= 0.6 is 15.9 Å². The summed E-state index contributed by atoms with van der Waals surface area (Å²) in [5.74, 6) is 0. The van der Waals surface area contributed by atoms with Crippen LogP contribution in [-0.2, 0) is 6.42 Å². The molecule has 1 aliphatic carbocycles. The topological polar surface area (TPSA) is 12.4 Å². The summed E-state index contributed by atoms with van der Waals surface area (Å²) in [6.07, 6.45) is 7.69. The summed E-state index contributed by atoms with van der Waals surface area (Å²) < 4.78 is 1.10. The highest BCUT2D eigenvalue weighted by molar-refractivity contribution is 9.10. The van der Waals surface area contributed by atoms with Crippen molar-refractivity contribution in [3.63, 3.8) is 0 Å². The van der Waals surface area contributed by atoms with E-state index in [2.05, 4.69) is 101 Å². The van der Waals surface area contributed by atoms with E-state index in [-0.39, 0.29) is 0 Å². The SMILES string of the molecule is Brc1cccc2c1-c1c(ccc3cc4c5c(c6ccccc6c4cc13)=CC=CC5)=N2. The Morgan fingerprint density at radius 1 is 0.733 bits per heavy atom. The summed E-state index contributed by atoms with van der Waals surface area (Å²) in [5.41, 5.74) is 4.92. The standard InChI is InChI=1S/C28H16BrN/c29-24-10-5-11-25-28(24)27-21-15-23-20-9-4-2-7-18(20)17-6-1-3-8-19(17)22(23)14-16(21)12-13-26(27)30-25/h1-7,9-15H,8H2. The molecule has 5 aromatic carbocycles. The quantitative estimate of drug-likeness (QED) is 0.181. The molecule has 1 heterocycles. The largest absolute Gasteiger partial charge is 0.248 e. The minimum absolute atomic E-state index is 0.979. The van der Waals surface area contributed by atoms with E-state index in [0.717, 1.165) is 21.9 Å². The first-order valence-corrected chi connectivity index (χ1v) is 11.0. The van der Waals surface area contributed by atoms with Gasteiger partial charge in [-0.25, -0.2) is 4.99 Å². The first kappa shape index (κ1) is 16.6. The van der Waals surface area contributed by atoms with E-state index in [1.807, 2.05) is 0 Å². The lowest BCUT2D eigenvalue weighted by Gasteiger charge is -2.15. The highest BCUT2D eigenvalue weighted by atomic mass is 79.9. The first-order valence-electron chi connectivity index (χ1n) is 10.2. The van der Waals surface area contributed by atoms with Gasteiger partial charge in [-0.2, -0.15) is 0 Å². The third-order valence-corrected chi connectivity index (χ3v) is 7.16. The molecular formula is C28H16BrN. The molecule has 5 aromatic rings. The normalized spacial score (nSPS) is 13.8. The molecule has 1 aliphatic heterocycles. The average molecular weight is 446 g/mol. The fourth-order valence-electron chi connectivity index (χ4n) is 5.19. The molecule has 0 radical (unpaired) electrons. The van der Waals surface area contributed by atoms with E-state index >= 15 is 0 Å². The molecule has 140 valence electrons. The van der Waals surface area contributed by atoms with Crippen molar-refractivity contribution >= 4 is 60.0 Å². The molecule has 30 heavy (non-hydrogen) atoms. The van der Waals surface area contributed by atoms with Crippen LogP contribution in [0.15, 0.2) is 88.3 Å². The van der Waals surface area contributed by atoms with Gasteiger partial charge in [0.25, 0.3) is 0 Å². The molecule has 0 saturated heterocycles. The number of fused-ring (bicyclic) bond motifs is 11. The van der Waals surface area contributed by atoms with Crippen LogP contribution in [0.4, 0.5) is 5.69 Å². The molecule has 1 nitrogen and oxygen atoms in total. The minimum atomic E-state index is 0.979. The minimum Gasteiger partial charge on any atom is -0.248 e. The van der Waals surface area contributed by atoms with Crippen LogP contribution in [0.3, 0.4) is 0 Å². The van der Waals surface area contributed by atoms with Gasteiger partial charge in [0.15, 0.2) is 0 Å². The smallest absolute Gasteiger partial charge is 0.0727 e. The predicted molar refractivity (Wildman–Crippen MR) is 130 cm³/mol. The number of halogens is 1. The second-order valence-electron chi connectivity index (χ2n) is 8.06. The van der Waals surface area contributed by atoms with Gasteiger partial charge in [0.1, 0.15) is 0 Å². The van der Waals surface area contributed by atoms with E-state index in [1.165, 1.54) is 54.2 Å². The van der Waals surface area contributed by atoms with Crippen molar-refractivity contribution in [2.75, 3.05) is 0 Å². The number of hydrogen-bond acceptors (Lipinski definition) is 1. The number of benzene rings is 5. The third-order valence-electron chi connectivity index (χ3n) is 6.50. The maximum Gasteiger partial charge on any atom is 0.0727 e. The van der Waals surface area contributed by atoms with Gasteiger partial charge in [0, 0.05) is 15.6 Å². The van der Waals surface area contributed by atoms with E-state index in [1.54, 1.807) is 0 Å². The van der Waals surface area contributed by atoms with Crippen molar-refractivity contribution in [2.45, 2.75) is 6.42 Å². The molecule has 0 fully saturated rings. The van der Waals surface area contributed by atoms with Crippen molar-refractivity contribution in [1.82, 2.24) is 0 Å². The Balaban J connectivity index is 1.72. The van der Waals surface area contributed by atoms with Crippen LogP contribution in [0.5, 0.6) is 0 Å². The molecule has 2 aliphatic rings. The van der Waals surface area contributed by atoms with Crippen molar-refractivity contribution in [3.8, 4) is 11.1 Å². The van der Waals surface area contributed by atoms with Gasteiger partial charge in [-0.05, 0) is 79.9 Å². The zero-order valence-electron chi connectivity index (χ0n) is 16.1. The second-order valence-corrected chi connectivity index (χ2v) is 8.92. The Bertz CT molecular complexity index is 1720. The summed E-state index contributed by atoms with van der Waals surface area (Å²) >= 11 is 3.77. The van der Waals surface area contributed by atoms with Crippen molar-refractivity contribution in [2.24, 2.45) is 4.99 Å². The van der Waals surface area contributed by atoms with Crippen molar-refractivity contribution < 1.29 is 0 Å². The van der Waals surface area contributed by atoms with Crippen LogP contribution < -0.4 is 10.6 Å². The molecule has 0 N–H and O–H groups in total. The summed E-state index contributed by atoms with van der Waals surface area (Å²) in [5, 5.41) is 10.3. The van der Waals surface area contributed by atoms with Gasteiger partial charge in [-0.15, -0.1) is 0 Å². The summed E-state index contributed by atoms with van der Waals surface area (Å²) in [6, 6.07) is 24.2. The van der Waals surface area contributed by atoms with Gasteiger partial charge in [0.2, 0.25) is 0 Å². The van der Waals surface area contributed by atoms with Crippen LogP contribution in [0, 0.1) is 0 Å². The van der Waals surface area contributed by atoms with Crippen molar-refractivity contribution in [1.29, 1.82) is 0 Å². The third kappa shape index (κ3) is 2.09. The molecule has 0 bridgehead atoms. The van der Waals surface area contributed by atoms with Crippen molar-refractivity contribution in [3.05, 3.63) is 99.5 Å². The Hall–Kier alpha value is -3.23. The van der Waals surface area contributed by atoms with E-state index in [0.29, 0.717) is 0 Å². The molecule has 0 amide bonds. The first-order chi connectivity index (χ1) is 14.8. The maximum atomic E-state index is 4.89. The van der Waals surface area contributed by atoms with Crippen LogP contribution in [0.25, 0.3) is 49.5 Å². The van der Waals surface area contributed by atoms with E-state index < -0.39 is 0 Å². The van der Waals surface area contributed by atoms with Gasteiger partial charge in [-0.1, -0.05) is 70.6 Å². The highest BCUT2D eigenvalue weighted by Gasteiger charge is 2.20. The lowest BCUT2D eigenvalue weighted by Crippen LogP contribution is -2.13. The number of nitrogens with zero attached hydrogens (tertiary/aromatic N) is 1. The Morgan fingerprint density at radius 2 is 1.63 bits per heavy atom. The zero-order chi connectivity index (χ0) is 19.8. The van der Waals surface area contributed by atoms with Gasteiger partial charge in [0.05, 0.1) is 11.0 Å². The van der Waals surface area contributed by atoms with Crippen LogP contribution in [-0.4, -0.2) is 0 Å². The van der Waals surface area contributed by atoms with Crippen LogP contribution in [0.1, 0.15) is 5.56 Å². The van der Waals surface area contributed by atoms with Gasteiger partial charge in [-0.3, -0.25) is 0 Å². The molecule has 0 spiro atoms. The van der Waals surface area contributed by atoms with Crippen LogP contribution in [0.2, 0.25) is 0 Å². The highest BCUT2D eigenvalue weighted by Crippen LogP contribution is 2.43.